The predicted octanol–water partition coefficient (Wildman–Crippen LogP) is 0.0979. The van der Waals surface area contributed by atoms with Crippen LogP contribution < -0.4 is 5.73 Å². The van der Waals surface area contributed by atoms with Gasteiger partial charge in [0.2, 0.25) is 0 Å². The number of nitrogens with zero attached hydrogens (tertiary/aromatic N) is 3. The van der Waals surface area contributed by atoms with Crippen molar-refractivity contribution < 1.29 is 9.90 Å². The third-order valence-corrected chi connectivity index (χ3v) is 2.94. The van der Waals surface area contributed by atoms with Gasteiger partial charge in [0.15, 0.2) is 0 Å². The Hall–Kier alpha value is -1.53. The van der Waals surface area contributed by atoms with Crippen LogP contribution in [0.5, 0.6) is 0 Å². The number of aromatic nitrogens is 2. The quantitative estimate of drug-likeness (QED) is 0.773. The molecule has 0 radical (unpaired) electrons. The lowest BCUT2D eigenvalue weighted by Crippen LogP contribution is -2.42. The van der Waals surface area contributed by atoms with Gasteiger partial charge in [0.25, 0.3) is 0 Å². The number of carboxylic acid groups (broad SMARTS) is 1. The number of rotatable bonds is 3. The van der Waals surface area contributed by atoms with E-state index >= 15 is 0 Å². The van der Waals surface area contributed by atoms with Crippen LogP contribution in [0.15, 0.2) is 12.5 Å². The van der Waals surface area contributed by atoms with E-state index in [1.54, 1.807) is 0 Å². The number of aromatic carboxylic acids is 1. The number of hydrogen-bond donors (Lipinski definition) is 2. The zero-order chi connectivity index (χ0) is 12.3. The van der Waals surface area contributed by atoms with Crippen LogP contribution in [-0.4, -0.2) is 45.1 Å². The fourth-order valence-corrected chi connectivity index (χ4v) is 2.11. The van der Waals surface area contributed by atoms with Crippen LogP contribution in [0.1, 0.15) is 28.9 Å². The molecule has 2 rings (SSSR count). The number of carbonyl (C=O) groups is 1. The molecular formula is C11H16N4O2. The molecule has 0 aromatic carbocycles. The molecule has 1 saturated heterocycles. The molecule has 1 aromatic rings. The summed E-state index contributed by atoms with van der Waals surface area (Å²) in [6.45, 7) is 2.26. The lowest BCUT2D eigenvalue weighted by atomic mass is 10.1. The number of hydrogen-bond acceptors (Lipinski definition) is 5. The van der Waals surface area contributed by atoms with E-state index < -0.39 is 5.97 Å². The SMILES string of the molecule is NC1CCCN(Cc2ncncc2C(=O)O)C1. The third-order valence-electron chi connectivity index (χ3n) is 2.94. The normalized spacial score (nSPS) is 21.4. The summed E-state index contributed by atoms with van der Waals surface area (Å²) in [6.07, 6.45) is 4.81. The van der Waals surface area contributed by atoms with Crippen LogP contribution in [0.25, 0.3) is 0 Å². The topological polar surface area (TPSA) is 92.3 Å². The zero-order valence-electron chi connectivity index (χ0n) is 9.54. The predicted molar refractivity (Wildman–Crippen MR) is 61.5 cm³/mol. The summed E-state index contributed by atoms with van der Waals surface area (Å²) in [5.41, 5.74) is 6.62. The molecule has 0 spiro atoms. The highest BCUT2D eigenvalue weighted by molar-refractivity contribution is 5.88. The van der Waals surface area contributed by atoms with E-state index in [2.05, 4.69) is 14.9 Å². The van der Waals surface area contributed by atoms with Gasteiger partial charge in [-0.15, -0.1) is 0 Å². The molecule has 6 nitrogen and oxygen atoms in total. The smallest absolute Gasteiger partial charge is 0.339 e. The molecule has 2 heterocycles. The summed E-state index contributed by atoms with van der Waals surface area (Å²) in [5.74, 6) is -0.984. The lowest BCUT2D eigenvalue weighted by molar-refractivity contribution is 0.0692. The fraction of sp³-hybridized carbons (Fsp3) is 0.545. The first kappa shape index (κ1) is 11.9. The molecule has 17 heavy (non-hydrogen) atoms. The molecule has 1 fully saturated rings. The molecule has 0 saturated carbocycles. The fourth-order valence-electron chi connectivity index (χ4n) is 2.11. The van der Waals surface area contributed by atoms with Gasteiger partial charge in [0, 0.05) is 25.3 Å². The molecule has 92 valence electrons. The minimum absolute atomic E-state index is 0.173. The largest absolute Gasteiger partial charge is 0.478 e. The Morgan fingerprint density at radius 1 is 1.65 bits per heavy atom. The van der Waals surface area contributed by atoms with Crippen LogP contribution in [0.2, 0.25) is 0 Å². The highest BCUT2D eigenvalue weighted by atomic mass is 16.4. The number of nitrogens with two attached hydrogens (primary N) is 1. The van der Waals surface area contributed by atoms with Gasteiger partial charge in [-0.05, 0) is 19.4 Å². The Balaban J connectivity index is 2.10. The average molecular weight is 236 g/mol. The Kier molecular flexibility index (Phi) is 3.65. The van der Waals surface area contributed by atoms with Crippen LogP contribution >= 0.6 is 0 Å². The van der Waals surface area contributed by atoms with Crippen molar-refractivity contribution in [3.63, 3.8) is 0 Å². The summed E-state index contributed by atoms with van der Waals surface area (Å²) in [5, 5.41) is 9.02. The first-order valence-electron chi connectivity index (χ1n) is 5.67. The average Bonchev–Trinajstić information content (AvgIpc) is 2.29. The van der Waals surface area contributed by atoms with Gasteiger partial charge in [-0.3, -0.25) is 4.90 Å². The molecule has 6 heteroatoms. The standard InChI is InChI=1S/C11H16N4O2/c12-8-2-1-3-15(5-8)6-10-9(11(16)17)4-13-7-14-10/h4,7-8H,1-3,5-6,12H2,(H,16,17). The van der Waals surface area contributed by atoms with Crippen LogP contribution in [0.4, 0.5) is 0 Å². The van der Waals surface area contributed by atoms with Crippen LogP contribution in [-0.2, 0) is 6.54 Å². The second kappa shape index (κ2) is 5.20. The van der Waals surface area contributed by atoms with E-state index in [4.69, 9.17) is 10.8 Å². The van der Waals surface area contributed by atoms with Crippen molar-refractivity contribution in [2.75, 3.05) is 13.1 Å². The van der Waals surface area contributed by atoms with Gasteiger partial charge in [-0.25, -0.2) is 14.8 Å². The van der Waals surface area contributed by atoms with Gasteiger partial charge in [0.05, 0.1) is 5.69 Å². The Bertz CT molecular complexity index is 410. The van der Waals surface area contributed by atoms with Crippen molar-refractivity contribution in [2.24, 2.45) is 5.73 Å². The van der Waals surface area contributed by atoms with E-state index in [0.717, 1.165) is 25.9 Å². The van der Waals surface area contributed by atoms with E-state index in [1.807, 2.05) is 0 Å². The van der Waals surface area contributed by atoms with Crippen molar-refractivity contribution in [1.29, 1.82) is 0 Å². The van der Waals surface area contributed by atoms with Crippen molar-refractivity contribution in [2.45, 2.75) is 25.4 Å². The molecular weight excluding hydrogens is 220 g/mol. The third kappa shape index (κ3) is 2.98. The summed E-state index contributed by atoms with van der Waals surface area (Å²) < 4.78 is 0. The summed E-state index contributed by atoms with van der Waals surface area (Å²) in [4.78, 5) is 20.9. The molecule has 1 aliphatic rings. The highest BCUT2D eigenvalue weighted by Gasteiger charge is 2.19. The molecule has 0 amide bonds. The maximum absolute atomic E-state index is 11.0. The van der Waals surface area contributed by atoms with Gasteiger partial charge in [-0.1, -0.05) is 0 Å². The van der Waals surface area contributed by atoms with E-state index in [-0.39, 0.29) is 11.6 Å². The van der Waals surface area contributed by atoms with Crippen molar-refractivity contribution in [3.05, 3.63) is 23.8 Å². The van der Waals surface area contributed by atoms with Crippen molar-refractivity contribution in [3.8, 4) is 0 Å². The van der Waals surface area contributed by atoms with Gasteiger partial charge >= 0.3 is 5.97 Å². The minimum atomic E-state index is -0.984. The summed E-state index contributed by atoms with van der Waals surface area (Å²) in [6, 6.07) is 0.180. The number of likely N-dealkylation sites (tertiary alicyclic amines) is 1. The summed E-state index contributed by atoms with van der Waals surface area (Å²) >= 11 is 0. The highest BCUT2D eigenvalue weighted by Crippen LogP contribution is 2.13. The van der Waals surface area contributed by atoms with Crippen molar-refractivity contribution >= 4 is 5.97 Å². The van der Waals surface area contributed by atoms with E-state index in [9.17, 15) is 4.79 Å². The molecule has 0 bridgehead atoms. The molecule has 0 aliphatic carbocycles. The Morgan fingerprint density at radius 2 is 2.47 bits per heavy atom. The molecule has 1 atom stereocenters. The zero-order valence-corrected chi connectivity index (χ0v) is 9.54. The Labute approximate surface area is 99.5 Å². The van der Waals surface area contributed by atoms with Crippen molar-refractivity contribution in [1.82, 2.24) is 14.9 Å². The maximum atomic E-state index is 11.0. The second-order valence-electron chi connectivity index (χ2n) is 4.33. The summed E-state index contributed by atoms with van der Waals surface area (Å²) in [7, 11) is 0. The lowest BCUT2D eigenvalue weighted by Gasteiger charge is -2.30. The van der Waals surface area contributed by atoms with Gasteiger partial charge < -0.3 is 10.8 Å². The molecule has 1 unspecified atom stereocenters. The number of piperidine rings is 1. The molecule has 1 aromatic heterocycles. The maximum Gasteiger partial charge on any atom is 0.339 e. The first-order valence-corrected chi connectivity index (χ1v) is 5.67. The van der Waals surface area contributed by atoms with Gasteiger partial charge in [0.1, 0.15) is 11.9 Å². The minimum Gasteiger partial charge on any atom is -0.478 e. The molecule has 3 N–H and O–H groups in total. The first-order chi connectivity index (χ1) is 8.16. The number of carboxylic acids is 1. The van der Waals surface area contributed by atoms with Crippen LogP contribution in [0, 0.1) is 0 Å². The molecule has 1 aliphatic heterocycles. The Morgan fingerprint density at radius 3 is 3.18 bits per heavy atom. The van der Waals surface area contributed by atoms with Crippen LogP contribution in [0.3, 0.4) is 0 Å². The second-order valence-corrected chi connectivity index (χ2v) is 4.33. The van der Waals surface area contributed by atoms with Gasteiger partial charge in [-0.2, -0.15) is 0 Å². The van der Waals surface area contributed by atoms with E-state index in [1.165, 1.54) is 12.5 Å². The monoisotopic (exact) mass is 236 g/mol. The van der Waals surface area contributed by atoms with E-state index in [0.29, 0.717) is 12.2 Å².